The molecule has 1 atom stereocenters. The molecule has 6 nitrogen and oxygen atoms in total. The Labute approximate surface area is 170 Å². The van der Waals surface area contributed by atoms with Gasteiger partial charge in [0.25, 0.3) is 5.91 Å². The normalized spacial score (nSPS) is 16.5. The summed E-state index contributed by atoms with van der Waals surface area (Å²) in [5.41, 5.74) is 0.868. The summed E-state index contributed by atoms with van der Waals surface area (Å²) in [6.07, 6.45) is 1.78. The molecule has 0 unspecified atom stereocenters. The molecule has 1 amide bonds. The number of carbonyl (C=O) groups is 1. The first-order chi connectivity index (χ1) is 13.4. The molecule has 28 heavy (non-hydrogen) atoms. The van der Waals surface area contributed by atoms with Crippen molar-refractivity contribution in [3.8, 4) is 0 Å². The van der Waals surface area contributed by atoms with Gasteiger partial charge in [-0.15, -0.1) is 0 Å². The Balaban J connectivity index is 1.74. The number of benzene rings is 2. The predicted octanol–water partition coefficient (Wildman–Crippen LogP) is 2.98. The number of halogens is 1. The van der Waals surface area contributed by atoms with Crippen molar-refractivity contribution < 1.29 is 18.3 Å². The maximum atomic E-state index is 12.9. The third-order valence-electron chi connectivity index (χ3n) is 4.77. The molecule has 1 aliphatic rings. The fourth-order valence-electron chi connectivity index (χ4n) is 3.17. The maximum Gasteiger partial charge on any atom is 0.251 e. The molecule has 0 bridgehead atoms. The largest absolute Gasteiger partial charge is 0.387 e. The van der Waals surface area contributed by atoms with Crippen LogP contribution in [0.3, 0.4) is 0 Å². The number of amides is 1. The van der Waals surface area contributed by atoms with Crippen molar-refractivity contribution in [2.45, 2.75) is 30.3 Å². The quantitative estimate of drug-likeness (QED) is 0.749. The van der Waals surface area contributed by atoms with E-state index in [9.17, 15) is 18.3 Å². The van der Waals surface area contributed by atoms with E-state index in [2.05, 4.69) is 5.32 Å². The fourth-order valence-corrected chi connectivity index (χ4v) is 5.19. The maximum absolute atomic E-state index is 12.9. The van der Waals surface area contributed by atoms with Gasteiger partial charge in [-0.05, 0) is 36.6 Å². The molecule has 1 heterocycles. The van der Waals surface area contributed by atoms with E-state index >= 15 is 0 Å². The lowest BCUT2D eigenvalue weighted by molar-refractivity contribution is 0.0916. The molecular weight excluding hydrogens is 400 g/mol. The summed E-state index contributed by atoms with van der Waals surface area (Å²) in [6, 6.07) is 13.2. The summed E-state index contributed by atoms with van der Waals surface area (Å²) in [5.74, 6) is -0.471. The highest BCUT2D eigenvalue weighted by molar-refractivity contribution is 7.89. The van der Waals surface area contributed by atoms with Crippen LogP contribution in [-0.2, 0) is 10.0 Å². The van der Waals surface area contributed by atoms with Crippen molar-refractivity contribution in [2.24, 2.45) is 0 Å². The second kappa shape index (κ2) is 9.05. The van der Waals surface area contributed by atoms with Crippen molar-refractivity contribution in [1.82, 2.24) is 9.62 Å². The minimum atomic E-state index is -3.75. The van der Waals surface area contributed by atoms with Gasteiger partial charge in [0.2, 0.25) is 10.0 Å². The van der Waals surface area contributed by atoms with E-state index in [4.69, 9.17) is 11.6 Å². The molecule has 2 N–H and O–H groups in total. The lowest BCUT2D eigenvalue weighted by atomic mass is 10.1. The minimum absolute atomic E-state index is 0.0136. The number of rotatable bonds is 6. The van der Waals surface area contributed by atoms with Gasteiger partial charge >= 0.3 is 0 Å². The third-order valence-corrected chi connectivity index (χ3v) is 7.15. The highest BCUT2D eigenvalue weighted by Crippen LogP contribution is 2.28. The first kappa shape index (κ1) is 20.8. The van der Waals surface area contributed by atoms with Gasteiger partial charge in [-0.1, -0.05) is 48.4 Å². The van der Waals surface area contributed by atoms with Crippen LogP contribution < -0.4 is 5.32 Å². The molecule has 0 aromatic heterocycles. The number of aliphatic hydroxyl groups excluding tert-OH is 1. The zero-order valence-electron chi connectivity index (χ0n) is 15.3. The van der Waals surface area contributed by atoms with Crippen molar-refractivity contribution in [3.05, 3.63) is 64.7 Å². The number of hydrogen-bond acceptors (Lipinski definition) is 4. The van der Waals surface area contributed by atoms with Crippen LogP contribution in [-0.4, -0.2) is 43.4 Å². The molecule has 2 aromatic carbocycles. The summed E-state index contributed by atoms with van der Waals surface area (Å²) < 4.78 is 27.2. The highest BCUT2D eigenvalue weighted by atomic mass is 35.5. The molecule has 1 saturated heterocycles. The van der Waals surface area contributed by atoms with Gasteiger partial charge in [-0.25, -0.2) is 8.42 Å². The van der Waals surface area contributed by atoms with E-state index in [1.165, 1.54) is 22.5 Å². The number of piperidine rings is 1. The molecule has 0 radical (unpaired) electrons. The van der Waals surface area contributed by atoms with Gasteiger partial charge in [0, 0.05) is 25.2 Å². The summed E-state index contributed by atoms with van der Waals surface area (Å²) in [5, 5.41) is 12.9. The Morgan fingerprint density at radius 2 is 1.79 bits per heavy atom. The second-order valence-electron chi connectivity index (χ2n) is 6.75. The summed E-state index contributed by atoms with van der Waals surface area (Å²) in [4.78, 5) is 12.4. The molecule has 1 fully saturated rings. The summed E-state index contributed by atoms with van der Waals surface area (Å²) in [7, 11) is -3.75. The van der Waals surface area contributed by atoms with Crippen LogP contribution in [0.1, 0.15) is 41.3 Å². The van der Waals surface area contributed by atoms with Crippen LogP contribution in [0.25, 0.3) is 0 Å². The van der Waals surface area contributed by atoms with Crippen LogP contribution in [0, 0.1) is 0 Å². The monoisotopic (exact) mass is 422 g/mol. The second-order valence-corrected chi connectivity index (χ2v) is 9.06. The average Bonchev–Trinajstić information content (AvgIpc) is 2.73. The number of nitrogens with one attached hydrogen (secondary N) is 1. The van der Waals surface area contributed by atoms with Crippen molar-refractivity contribution in [1.29, 1.82) is 0 Å². The minimum Gasteiger partial charge on any atom is -0.387 e. The van der Waals surface area contributed by atoms with E-state index in [1.54, 1.807) is 24.3 Å². The lowest BCUT2D eigenvalue weighted by Crippen LogP contribution is -2.36. The standard InChI is InChI=1S/C20H23ClN2O4S/c21-17-10-9-16(13-19(17)28(26,27)23-11-5-2-6-12-23)20(25)22-14-18(24)15-7-3-1-4-8-15/h1,3-4,7-10,13,18,24H,2,5-6,11-12,14H2,(H,22,25)/t18-/m1/s1. The number of nitrogens with zero attached hydrogens (tertiary/aromatic N) is 1. The number of sulfonamides is 1. The zero-order chi connectivity index (χ0) is 20.1. The molecule has 150 valence electrons. The van der Waals surface area contributed by atoms with Crippen molar-refractivity contribution in [3.63, 3.8) is 0 Å². The van der Waals surface area contributed by atoms with Crippen LogP contribution >= 0.6 is 11.6 Å². The van der Waals surface area contributed by atoms with E-state index in [0.717, 1.165) is 19.3 Å². The van der Waals surface area contributed by atoms with E-state index in [-0.39, 0.29) is 22.0 Å². The Morgan fingerprint density at radius 3 is 2.46 bits per heavy atom. The van der Waals surface area contributed by atoms with E-state index in [1.807, 2.05) is 6.07 Å². The van der Waals surface area contributed by atoms with Gasteiger partial charge < -0.3 is 10.4 Å². The van der Waals surface area contributed by atoms with E-state index in [0.29, 0.717) is 18.7 Å². The van der Waals surface area contributed by atoms with Gasteiger partial charge in [-0.2, -0.15) is 4.31 Å². The van der Waals surface area contributed by atoms with Gasteiger partial charge in [0.1, 0.15) is 4.90 Å². The molecule has 0 spiro atoms. The molecule has 0 aliphatic carbocycles. The fraction of sp³-hybridized carbons (Fsp3) is 0.350. The summed E-state index contributed by atoms with van der Waals surface area (Å²) in [6.45, 7) is 0.927. The van der Waals surface area contributed by atoms with Crippen LogP contribution in [0.5, 0.6) is 0 Å². The van der Waals surface area contributed by atoms with Crippen LogP contribution in [0.15, 0.2) is 53.4 Å². The van der Waals surface area contributed by atoms with Gasteiger partial charge in [0.05, 0.1) is 11.1 Å². The van der Waals surface area contributed by atoms with Crippen LogP contribution in [0.2, 0.25) is 5.02 Å². The topological polar surface area (TPSA) is 86.7 Å². The lowest BCUT2D eigenvalue weighted by Gasteiger charge is -2.26. The van der Waals surface area contributed by atoms with E-state index < -0.39 is 22.0 Å². The number of carbonyl (C=O) groups excluding carboxylic acids is 1. The first-order valence-corrected chi connectivity index (χ1v) is 11.0. The molecular formula is C20H23ClN2O4S. The zero-order valence-corrected chi connectivity index (χ0v) is 16.9. The summed E-state index contributed by atoms with van der Waals surface area (Å²) >= 11 is 6.13. The van der Waals surface area contributed by atoms with Crippen molar-refractivity contribution >= 4 is 27.5 Å². The molecule has 8 heteroatoms. The van der Waals surface area contributed by atoms with Crippen LogP contribution in [0.4, 0.5) is 0 Å². The number of aliphatic hydroxyl groups is 1. The Hall–Kier alpha value is -1.93. The Morgan fingerprint density at radius 1 is 1.11 bits per heavy atom. The molecule has 2 aromatic rings. The Bertz CT molecular complexity index is 928. The first-order valence-electron chi connectivity index (χ1n) is 9.20. The highest BCUT2D eigenvalue weighted by Gasteiger charge is 2.28. The smallest absolute Gasteiger partial charge is 0.251 e. The van der Waals surface area contributed by atoms with Gasteiger partial charge in [-0.3, -0.25) is 4.79 Å². The number of hydrogen-bond donors (Lipinski definition) is 2. The third kappa shape index (κ3) is 4.72. The van der Waals surface area contributed by atoms with Gasteiger partial charge in [0.15, 0.2) is 0 Å². The SMILES string of the molecule is O=C(NC[C@@H](O)c1ccccc1)c1ccc(Cl)c(S(=O)(=O)N2CCCCC2)c1. The Kier molecular flexibility index (Phi) is 6.72. The average molecular weight is 423 g/mol. The molecule has 1 aliphatic heterocycles. The predicted molar refractivity (Wildman–Crippen MR) is 108 cm³/mol. The molecule has 0 saturated carbocycles. The van der Waals surface area contributed by atoms with Crippen molar-refractivity contribution in [2.75, 3.05) is 19.6 Å². The molecule has 3 rings (SSSR count).